The normalized spacial score (nSPS) is 16.7. The Kier molecular flexibility index (Phi) is 4.26. The quantitative estimate of drug-likeness (QED) is 0.873. The molecule has 0 aliphatic carbocycles. The second-order valence-electron chi connectivity index (χ2n) is 4.57. The Balaban J connectivity index is 2.33. The number of methoxy groups -OCH3 is 1. The molecule has 0 atom stereocenters. The molecule has 3 heteroatoms. The van der Waals surface area contributed by atoms with Gasteiger partial charge in [0, 0.05) is 19.6 Å². The van der Waals surface area contributed by atoms with Gasteiger partial charge in [0.25, 0.3) is 0 Å². The van der Waals surface area contributed by atoms with Gasteiger partial charge in [0.2, 0.25) is 0 Å². The fraction of sp³-hybridized carbons (Fsp3) is 0.571. The standard InChI is InChI=1S/C14H22N2O/c1-17-13-8-6-7-12(11-15)14(13)16-9-4-2-3-5-10-16/h6-8H,2-5,9-11,15H2,1H3. The summed E-state index contributed by atoms with van der Waals surface area (Å²) in [6.07, 6.45) is 5.21. The average molecular weight is 234 g/mol. The largest absolute Gasteiger partial charge is 0.495 e. The molecule has 3 nitrogen and oxygen atoms in total. The van der Waals surface area contributed by atoms with Crippen molar-refractivity contribution >= 4 is 5.69 Å². The predicted molar refractivity (Wildman–Crippen MR) is 71.6 cm³/mol. The van der Waals surface area contributed by atoms with Gasteiger partial charge in [-0.15, -0.1) is 0 Å². The molecule has 94 valence electrons. The summed E-state index contributed by atoms with van der Waals surface area (Å²) in [6.45, 7) is 2.81. The Bertz CT molecular complexity index is 335. The number of benzene rings is 1. The number of nitrogens with two attached hydrogens (primary N) is 1. The van der Waals surface area contributed by atoms with Crippen LogP contribution in [0.15, 0.2) is 18.2 Å². The number of para-hydroxylation sites is 1. The van der Waals surface area contributed by atoms with Crippen molar-refractivity contribution in [2.45, 2.75) is 32.2 Å². The SMILES string of the molecule is COc1cccc(CN)c1N1CCCCCC1. The third kappa shape index (κ3) is 2.72. The van der Waals surface area contributed by atoms with Gasteiger partial charge in [0.15, 0.2) is 0 Å². The Hall–Kier alpha value is -1.22. The monoisotopic (exact) mass is 234 g/mol. The van der Waals surface area contributed by atoms with E-state index in [1.54, 1.807) is 7.11 Å². The summed E-state index contributed by atoms with van der Waals surface area (Å²) in [4.78, 5) is 2.44. The van der Waals surface area contributed by atoms with Crippen LogP contribution in [0.4, 0.5) is 5.69 Å². The van der Waals surface area contributed by atoms with Crippen molar-refractivity contribution in [3.05, 3.63) is 23.8 Å². The zero-order valence-electron chi connectivity index (χ0n) is 10.6. The van der Waals surface area contributed by atoms with Crippen LogP contribution in [0.5, 0.6) is 5.75 Å². The highest BCUT2D eigenvalue weighted by Gasteiger charge is 2.17. The van der Waals surface area contributed by atoms with Crippen molar-refractivity contribution in [2.24, 2.45) is 5.73 Å². The van der Waals surface area contributed by atoms with E-state index < -0.39 is 0 Å². The molecule has 0 radical (unpaired) electrons. The summed E-state index contributed by atoms with van der Waals surface area (Å²) in [5.41, 5.74) is 8.23. The molecule has 0 aromatic heterocycles. The van der Waals surface area contributed by atoms with Crippen LogP contribution in [0.3, 0.4) is 0 Å². The zero-order chi connectivity index (χ0) is 12.1. The molecule has 1 fully saturated rings. The van der Waals surface area contributed by atoms with Crippen LogP contribution in [0.1, 0.15) is 31.2 Å². The topological polar surface area (TPSA) is 38.5 Å². The number of hydrogen-bond donors (Lipinski definition) is 1. The molecule has 0 saturated carbocycles. The molecule has 0 amide bonds. The Morgan fingerprint density at radius 2 is 1.88 bits per heavy atom. The lowest BCUT2D eigenvalue weighted by Gasteiger charge is -2.27. The van der Waals surface area contributed by atoms with Crippen LogP contribution < -0.4 is 15.4 Å². The number of nitrogens with zero attached hydrogens (tertiary/aromatic N) is 1. The maximum absolute atomic E-state index is 5.84. The van der Waals surface area contributed by atoms with E-state index in [1.807, 2.05) is 12.1 Å². The van der Waals surface area contributed by atoms with Gasteiger partial charge in [-0.2, -0.15) is 0 Å². The van der Waals surface area contributed by atoms with E-state index in [-0.39, 0.29) is 0 Å². The number of anilines is 1. The van der Waals surface area contributed by atoms with Gasteiger partial charge in [-0.1, -0.05) is 25.0 Å². The second kappa shape index (κ2) is 5.92. The van der Waals surface area contributed by atoms with Crippen LogP contribution in [0.25, 0.3) is 0 Å². The average Bonchev–Trinajstić information content (AvgIpc) is 2.66. The van der Waals surface area contributed by atoms with E-state index in [9.17, 15) is 0 Å². The van der Waals surface area contributed by atoms with E-state index in [0.29, 0.717) is 6.54 Å². The number of rotatable bonds is 3. The second-order valence-corrected chi connectivity index (χ2v) is 4.57. The molecule has 1 saturated heterocycles. The summed E-state index contributed by atoms with van der Waals surface area (Å²) in [6, 6.07) is 6.14. The summed E-state index contributed by atoms with van der Waals surface area (Å²) in [7, 11) is 1.73. The lowest BCUT2D eigenvalue weighted by atomic mass is 10.1. The molecule has 2 N–H and O–H groups in total. The summed E-state index contributed by atoms with van der Waals surface area (Å²) >= 11 is 0. The van der Waals surface area contributed by atoms with E-state index in [1.165, 1.54) is 36.9 Å². The minimum atomic E-state index is 0.572. The van der Waals surface area contributed by atoms with Gasteiger partial charge in [-0.25, -0.2) is 0 Å². The molecule has 1 heterocycles. The van der Waals surface area contributed by atoms with Crippen molar-refractivity contribution in [1.82, 2.24) is 0 Å². The first-order chi connectivity index (χ1) is 8.36. The third-order valence-corrected chi connectivity index (χ3v) is 3.44. The smallest absolute Gasteiger partial charge is 0.142 e. The highest BCUT2D eigenvalue weighted by Crippen LogP contribution is 2.33. The Morgan fingerprint density at radius 3 is 2.47 bits per heavy atom. The minimum absolute atomic E-state index is 0.572. The van der Waals surface area contributed by atoms with Crippen molar-refractivity contribution in [3.8, 4) is 5.75 Å². The van der Waals surface area contributed by atoms with Crippen LogP contribution in [-0.4, -0.2) is 20.2 Å². The van der Waals surface area contributed by atoms with Crippen molar-refractivity contribution in [2.75, 3.05) is 25.1 Å². The molecule has 1 aromatic rings. The number of hydrogen-bond acceptors (Lipinski definition) is 3. The van der Waals surface area contributed by atoms with E-state index >= 15 is 0 Å². The van der Waals surface area contributed by atoms with Crippen molar-refractivity contribution in [1.29, 1.82) is 0 Å². The Labute approximate surface area is 104 Å². The maximum Gasteiger partial charge on any atom is 0.142 e. The summed E-state index contributed by atoms with van der Waals surface area (Å²) < 4.78 is 5.48. The summed E-state index contributed by atoms with van der Waals surface area (Å²) in [5.74, 6) is 0.954. The van der Waals surface area contributed by atoms with Gasteiger partial charge in [0.1, 0.15) is 5.75 Å². The van der Waals surface area contributed by atoms with Crippen molar-refractivity contribution < 1.29 is 4.74 Å². The van der Waals surface area contributed by atoms with Gasteiger partial charge >= 0.3 is 0 Å². The maximum atomic E-state index is 5.84. The molecule has 1 aliphatic heterocycles. The Morgan fingerprint density at radius 1 is 1.18 bits per heavy atom. The third-order valence-electron chi connectivity index (χ3n) is 3.44. The van der Waals surface area contributed by atoms with Crippen LogP contribution in [0, 0.1) is 0 Å². The predicted octanol–water partition coefficient (Wildman–Crippen LogP) is 2.53. The molecule has 0 bridgehead atoms. The first kappa shape index (κ1) is 12.2. The van der Waals surface area contributed by atoms with Gasteiger partial charge < -0.3 is 15.4 Å². The van der Waals surface area contributed by atoms with Gasteiger partial charge in [-0.05, 0) is 24.5 Å². The molecule has 1 aromatic carbocycles. The highest BCUT2D eigenvalue weighted by atomic mass is 16.5. The van der Waals surface area contributed by atoms with Gasteiger partial charge in [-0.3, -0.25) is 0 Å². The molecule has 17 heavy (non-hydrogen) atoms. The summed E-state index contributed by atoms with van der Waals surface area (Å²) in [5, 5.41) is 0. The fourth-order valence-electron chi connectivity index (χ4n) is 2.55. The van der Waals surface area contributed by atoms with Crippen LogP contribution in [0.2, 0.25) is 0 Å². The molecule has 1 aliphatic rings. The minimum Gasteiger partial charge on any atom is -0.495 e. The molecule has 0 unspecified atom stereocenters. The van der Waals surface area contributed by atoms with E-state index in [4.69, 9.17) is 10.5 Å². The highest BCUT2D eigenvalue weighted by molar-refractivity contribution is 5.64. The molecular formula is C14H22N2O. The van der Waals surface area contributed by atoms with Crippen LogP contribution >= 0.6 is 0 Å². The first-order valence-corrected chi connectivity index (χ1v) is 6.47. The molecule has 0 spiro atoms. The van der Waals surface area contributed by atoms with Gasteiger partial charge in [0.05, 0.1) is 12.8 Å². The molecule has 2 rings (SSSR count). The number of ether oxygens (including phenoxy) is 1. The first-order valence-electron chi connectivity index (χ1n) is 6.47. The lowest BCUT2D eigenvalue weighted by molar-refractivity contribution is 0.413. The fourth-order valence-corrected chi connectivity index (χ4v) is 2.55. The van der Waals surface area contributed by atoms with E-state index in [2.05, 4.69) is 11.0 Å². The van der Waals surface area contributed by atoms with Crippen molar-refractivity contribution in [3.63, 3.8) is 0 Å². The lowest BCUT2D eigenvalue weighted by Crippen LogP contribution is -2.26. The molecular weight excluding hydrogens is 212 g/mol. The van der Waals surface area contributed by atoms with E-state index in [0.717, 1.165) is 18.8 Å². The zero-order valence-corrected chi connectivity index (χ0v) is 10.6. The van der Waals surface area contributed by atoms with Crippen LogP contribution in [-0.2, 0) is 6.54 Å².